The highest BCUT2D eigenvalue weighted by atomic mass is 79.9. The zero-order valence-corrected chi connectivity index (χ0v) is 18.3. The summed E-state index contributed by atoms with van der Waals surface area (Å²) in [6.07, 6.45) is 0. The van der Waals surface area contributed by atoms with Crippen LogP contribution in [0.5, 0.6) is 5.75 Å². The number of carbonyl (C=O) groups excluding carboxylic acids is 1. The SMILES string of the molecule is COc1ccc(Br)c(C(=O)Nc2cc(-c3ccccc3)nn2-c2nc(C)cc(=O)[nH]2)c1. The van der Waals surface area contributed by atoms with Crippen LogP contribution in [0, 0.1) is 6.92 Å². The van der Waals surface area contributed by atoms with Crippen molar-refractivity contribution in [3.8, 4) is 23.0 Å². The Kier molecular flexibility index (Phi) is 5.68. The third kappa shape index (κ3) is 4.41. The molecular weight excluding hydrogens is 462 g/mol. The number of hydrogen-bond donors (Lipinski definition) is 2. The molecule has 8 nitrogen and oxygen atoms in total. The van der Waals surface area contributed by atoms with E-state index in [0.717, 1.165) is 5.56 Å². The van der Waals surface area contributed by atoms with Crippen molar-refractivity contribution < 1.29 is 9.53 Å². The summed E-state index contributed by atoms with van der Waals surface area (Å²) in [5, 5.41) is 7.43. The maximum atomic E-state index is 13.0. The monoisotopic (exact) mass is 479 g/mol. The molecule has 0 aliphatic heterocycles. The van der Waals surface area contributed by atoms with Gasteiger partial charge < -0.3 is 10.1 Å². The molecule has 0 atom stereocenters. The molecule has 0 aliphatic carbocycles. The largest absolute Gasteiger partial charge is 0.497 e. The molecule has 0 bridgehead atoms. The zero-order valence-electron chi connectivity index (χ0n) is 16.7. The summed E-state index contributed by atoms with van der Waals surface area (Å²) in [7, 11) is 1.53. The van der Waals surface area contributed by atoms with Crippen LogP contribution in [0.2, 0.25) is 0 Å². The van der Waals surface area contributed by atoms with E-state index < -0.39 is 0 Å². The molecule has 2 aromatic carbocycles. The van der Waals surface area contributed by atoms with E-state index in [1.807, 2.05) is 30.3 Å². The van der Waals surface area contributed by atoms with Crippen LogP contribution in [0.3, 0.4) is 0 Å². The van der Waals surface area contributed by atoms with Gasteiger partial charge in [-0.05, 0) is 41.1 Å². The Morgan fingerprint density at radius 3 is 2.61 bits per heavy atom. The fourth-order valence-corrected chi connectivity index (χ4v) is 3.46. The van der Waals surface area contributed by atoms with Crippen molar-refractivity contribution in [2.24, 2.45) is 0 Å². The molecule has 0 saturated carbocycles. The van der Waals surface area contributed by atoms with Crippen molar-refractivity contribution in [3.63, 3.8) is 0 Å². The number of aryl methyl sites for hydroxylation is 1. The third-order valence-electron chi connectivity index (χ3n) is 4.50. The second kappa shape index (κ2) is 8.57. The van der Waals surface area contributed by atoms with Crippen molar-refractivity contribution in [2.75, 3.05) is 12.4 Å². The summed E-state index contributed by atoms with van der Waals surface area (Å²) >= 11 is 3.40. The first kappa shape index (κ1) is 20.5. The van der Waals surface area contributed by atoms with E-state index in [-0.39, 0.29) is 17.4 Å². The van der Waals surface area contributed by atoms with Crippen LogP contribution < -0.4 is 15.6 Å². The van der Waals surface area contributed by atoms with Crippen molar-refractivity contribution in [3.05, 3.63) is 86.7 Å². The van der Waals surface area contributed by atoms with Crippen LogP contribution in [-0.2, 0) is 0 Å². The molecule has 2 N–H and O–H groups in total. The highest BCUT2D eigenvalue weighted by Gasteiger charge is 2.18. The molecule has 4 rings (SSSR count). The van der Waals surface area contributed by atoms with Gasteiger partial charge in [-0.3, -0.25) is 14.6 Å². The van der Waals surface area contributed by atoms with E-state index in [1.54, 1.807) is 31.2 Å². The third-order valence-corrected chi connectivity index (χ3v) is 5.19. The van der Waals surface area contributed by atoms with Gasteiger partial charge in [-0.2, -0.15) is 9.78 Å². The van der Waals surface area contributed by atoms with Crippen LogP contribution in [0.15, 0.2) is 69.9 Å². The summed E-state index contributed by atoms with van der Waals surface area (Å²) < 4.78 is 7.24. The summed E-state index contributed by atoms with van der Waals surface area (Å²) in [4.78, 5) is 32.1. The minimum Gasteiger partial charge on any atom is -0.497 e. The predicted octanol–water partition coefficient (Wildman–Crippen LogP) is 3.95. The van der Waals surface area contributed by atoms with Gasteiger partial charge in [0.1, 0.15) is 11.6 Å². The number of nitrogens with zero attached hydrogens (tertiary/aromatic N) is 3. The van der Waals surface area contributed by atoms with Crippen molar-refractivity contribution in [2.45, 2.75) is 6.92 Å². The van der Waals surface area contributed by atoms with Gasteiger partial charge in [-0.15, -0.1) is 0 Å². The molecule has 4 aromatic rings. The van der Waals surface area contributed by atoms with Gasteiger partial charge in [-0.25, -0.2) is 4.98 Å². The average Bonchev–Trinajstić information content (AvgIpc) is 3.18. The lowest BCUT2D eigenvalue weighted by Gasteiger charge is -2.10. The molecule has 0 aliphatic rings. The summed E-state index contributed by atoms with van der Waals surface area (Å²) in [6, 6.07) is 17.7. The first-order valence-electron chi connectivity index (χ1n) is 9.33. The Morgan fingerprint density at radius 1 is 1.13 bits per heavy atom. The highest BCUT2D eigenvalue weighted by molar-refractivity contribution is 9.10. The summed E-state index contributed by atoms with van der Waals surface area (Å²) in [6.45, 7) is 1.71. The van der Waals surface area contributed by atoms with E-state index in [9.17, 15) is 9.59 Å². The van der Waals surface area contributed by atoms with Crippen molar-refractivity contribution in [1.82, 2.24) is 19.7 Å². The number of hydrogen-bond acceptors (Lipinski definition) is 5. The summed E-state index contributed by atoms with van der Waals surface area (Å²) in [5.74, 6) is 0.734. The number of anilines is 1. The van der Waals surface area contributed by atoms with E-state index in [2.05, 4.69) is 36.3 Å². The maximum Gasteiger partial charge on any atom is 0.258 e. The Hall–Kier alpha value is -3.72. The van der Waals surface area contributed by atoms with Crippen molar-refractivity contribution >= 4 is 27.7 Å². The second-order valence-corrected chi connectivity index (χ2v) is 7.56. The topological polar surface area (TPSA) is 102 Å². The van der Waals surface area contributed by atoms with Gasteiger partial charge in [0, 0.05) is 27.9 Å². The summed E-state index contributed by atoms with van der Waals surface area (Å²) in [5.41, 5.74) is 2.08. The van der Waals surface area contributed by atoms with Gasteiger partial charge >= 0.3 is 0 Å². The molecule has 0 radical (unpaired) electrons. The number of nitrogens with one attached hydrogen (secondary N) is 2. The predicted molar refractivity (Wildman–Crippen MR) is 121 cm³/mol. The normalized spacial score (nSPS) is 10.7. The Labute approximate surface area is 186 Å². The fraction of sp³-hybridized carbons (Fsp3) is 0.0909. The smallest absolute Gasteiger partial charge is 0.258 e. The number of methoxy groups -OCH3 is 1. The molecule has 0 saturated heterocycles. The Balaban J connectivity index is 1.80. The molecule has 2 heterocycles. The number of ether oxygens (including phenoxy) is 1. The van der Waals surface area contributed by atoms with Gasteiger partial charge in [0.2, 0.25) is 5.95 Å². The molecule has 0 spiro atoms. The van der Waals surface area contributed by atoms with Crippen LogP contribution in [0.4, 0.5) is 5.82 Å². The van der Waals surface area contributed by atoms with Crippen LogP contribution in [0.1, 0.15) is 16.1 Å². The van der Waals surface area contributed by atoms with Crippen LogP contribution >= 0.6 is 15.9 Å². The number of amides is 1. The van der Waals surface area contributed by atoms with Crippen molar-refractivity contribution in [1.29, 1.82) is 0 Å². The average molecular weight is 480 g/mol. The number of benzene rings is 2. The number of rotatable bonds is 5. The zero-order chi connectivity index (χ0) is 22.0. The van der Waals surface area contributed by atoms with Gasteiger partial charge in [-0.1, -0.05) is 30.3 Å². The van der Waals surface area contributed by atoms with Gasteiger partial charge in [0.25, 0.3) is 11.5 Å². The molecule has 9 heteroatoms. The highest BCUT2D eigenvalue weighted by Crippen LogP contribution is 2.26. The number of H-pyrrole nitrogens is 1. The lowest BCUT2D eigenvalue weighted by Crippen LogP contribution is -2.19. The fourth-order valence-electron chi connectivity index (χ4n) is 3.03. The van der Waals surface area contributed by atoms with Gasteiger partial charge in [0.05, 0.1) is 18.4 Å². The van der Waals surface area contributed by atoms with E-state index in [4.69, 9.17) is 4.74 Å². The lowest BCUT2D eigenvalue weighted by molar-refractivity contribution is 0.102. The minimum atomic E-state index is -0.374. The number of halogens is 1. The van der Waals surface area contributed by atoms with E-state index in [1.165, 1.54) is 17.9 Å². The molecule has 156 valence electrons. The number of aromatic amines is 1. The van der Waals surface area contributed by atoms with E-state index in [0.29, 0.717) is 33.0 Å². The molecule has 1 amide bonds. The first-order chi connectivity index (χ1) is 14.9. The Morgan fingerprint density at radius 2 is 1.90 bits per heavy atom. The molecule has 2 aromatic heterocycles. The molecule has 0 fully saturated rings. The molecular formula is C22H18BrN5O3. The number of aromatic nitrogens is 4. The quantitative estimate of drug-likeness (QED) is 0.451. The molecule has 0 unspecified atom stereocenters. The second-order valence-electron chi connectivity index (χ2n) is 6.70. The Bertz CT molecular complexity index is 1310. The van der Waals surface area contributed by atoms with E-state index >= 15 is 0 Å². The van der Waals surface area contributed by atoms with Crippen LogP contribution in [0.25, 0.3) is 17.2 Å². The number of carbonyl (C=O) groups is 1. The lowest BCUT2D eigenvalue weighted by atomic mass is 10.1. The maximum absolute atomic E-state index is 13.0. The van der Waals surface area contributed by atoms with Gasteiger partial charge in [0.15, 0.2) is 0 Å². The minimum absolute atomic E-state index is 0.201. The first-order valence-corrected chi connectivity index (χ1v) is 10.1. The van der Waals surface area contributed by atoms with Crippen LogP contribution in [-0.4, -0.2) is 32.8 Å². The standard InChI is InChI=1S/C22H18BrN5O3/c1-13-10-20(29)26-22(24-13)28-19(12-18(27-28)14-6-4-3-5-7-14)25-21(30)16-11-15(31-2)8-9-17(16)23/h3-12H,1-2H3,(H,25,30)(H,24,26,29). The molecule has 31 heavy (non-hydrogen) atoms.